The van der Waals surface area contributed by atoms with Gasteiger partial charge in [0.05, 0.1) is 5.54 Å². The molecule has 0 radical (unpaired) electrons. The highest BCUT2D eigenvalue weighted by Crippen LogP contribution is 2.58. The number of alkyl halides is 1. The number of carbonyl (C=O) groups is 1. The van der Waals surface area contributed by atoms with Gasteiger partial charge >= 0.3 is 6.01 Å². The molecule has 9 heteroatoms. The number of rotatable bonds is 9. The van der Waals surface area contributed by atoms with Crippen molar-refractivity contribution in [3.8, 4) is 17.1 Å². The van der Waals surface area contributed by atoms with E-state index in [0.717, 1.165) is 31.4 Å². The quantitative estimate of drug-likeness (QED) is 0.298. The number of carbonyl (C=O) groups excluding carboxylic acids is 1. The maximum atomic E-state index is 16.4. The van der Waals surface area contributed by atoms with Crippen molar-refractivity contribution in [3.63, 3.8) is 0 Å². The zero-order valence-corrected chi connectivity index (χ0v) is 22.4. The molecule has 1 saturated carbocycles. The maximum absolute atomic E-state index is 16.4. The molecule has 0 spiro atoms. The molecule has 2 N–H and O–H groups in total. The summed E-state index contributed by atoms with van der Waals surface area (Å²) in [5, 5.41) is 6.47. The number of hydrogen-bond acceptors (Lipinski definition) is 6. The first-order valence-electron chi connectivity index (χ1n) is 14.2. The van der Waals surface area contributed by atoms with Gasteiger partial charge in [-0.3, -0.25) is 9.69 Å². The topological polar surface area (TPSA) is 79.4 Å². The van der Waals surface area contributed by atoms with E-state index < -0.39 is 12.0 Å². The Bertz CT molecular complexity index is 1510. The Balaban J connectivity index is 1.24. The van der Waals surface area contributed by atoms with Crippen LogP contribution in [0.2, 0.25) is 0 Å². The molecule has 1 aromatic heterocycles. The first-order valence-corrected chi connectivity index (χ1v) is 14.2. The van der Waals surface area contributed by atoms with E-state index in [4.69, 9.17) is 4.74 Å². The number of fused-ring (bicyclic) bond motifs is 5. The number of anilines is 1. The van der Waals surface area contributed by atoms with Crippen LogP contribution in [0.1, 0.15) is 42.7 Å². The number of aromatic nitrogens is 2. The molecule has 2 unspecified atom stereocenters. The Kier molecular flexibility index (Phi) is 6.22. The molecular weight excluding hydrogens is 512 g/mol. The van der Waals surface area contributed by atoms with E-state index in [2.05, 4.69) is 38.1 Å². The van der Waals surface area contributed by atoms with Gasteiger partial charge in [-0.1, -0.05) is 30.8 Å². The van der Waals surface area contributed by atoms with Gasteiger partial charge in [0.15, 0.2) is 5.82 Å². The number of nitrogens with zero attached hydrogens (tertiary/aromatic N) is 3. The summed E-state index contributed by atoms with van der Waals surface area (Å²) in [5.41, 5.74) is 3.87. The molecule has 40 heavy (non-hydrogen) atoms. The number of nitrogens with one attached hydrogen (secondary N) is 2. The van der Waals surface area contributed by atoms with E-state index in [1.807, 2.05) is 24.3 Å². The predicted molar refractivity (Wildman–Crippen MR) is 150 cm³/mol. The lowest BCUT2D eigenvalue weighted by Crippen LogP contribution is -2.43. The molecule has 7 nitrogen and oxygen atoms in total. The van der Waals surface area contributed by atoms with Crippen molar-refractivity contribution in [1.82, 2.24) is 20.2 Å². The smallest absolute Gasteiger partial charge is 0.319 e. The summed E-state index contributed by atoms with van der Waals surface area (Å²) >= 11 is 0. The van der Waals surface area contributed by atoms with Crippen LogP contribution in [-0.2, 0) is 11.2 Å². The third-order valence-corrected chi connectivity index (χ3v) is 9.18. The van der Waals surface area contributed by atoms with Crippen molar-refractivity contribution in [1.29, 1.82) is 0 Å². The Morgan fingerprint density at radius 3 is 3.00 bits per heavy atom. The molecule has 7 rings (SSSR count). The Morgan fingerprint density at radius 2 is 2.12 bits per heavy atom. The summed E-state index contributed by atoms with van der Waals surface area (Å²) in [6.45, 7) is 5.70. The lowest BCUT2D eigenvalue weighted by atomic mass is 9.93. The summed E-state index contributed by atoms with van der Waals surface area (Å²) in [6, 6.07) is 9.89. The second-order valence-corrected chi connectivity index (χ2v) is 11.6. The van der Waals surface area contributed by atoms with Crippen LogP contribution < -0.4 is 15.4 Å². The molecular formula is C31H33F2N5O2. The Morgan fingerprint density at radius 1 is 1.23 bits per heavy atom. The molecule has 1 amide bonds. The number of amides is 1. The molecule has 4 aliphatic rings. The van der Waals surface area contributed by atoms with Crippen molar-refractivity contribution >= 4 is 22.6 Å². The molecule has 4 atom stereocenters. The van der Waals surface area contributed by atoms with E-state index >= 15 is 4.39 Å². The van der Waals surface area contributed by atoms with Gasteiger partial charge < -0.3 is 15.4 Å². The van der Waals surface area contributed by atoms with Gasteiger partial charge in [-0.05, 0) is 72.9 Å². The largest absolute Gasteiger partial charge is 0.461 e. The minimum Gasteiger partial charge on any atom is -0.461 e. The van der Waals surface area contributed by atoms with Crippen LogP contribution in [0.15, 0.2) is 43.0 Å². The van der Waals surface area contributed by atoms with Crippen LogP contribution >= 0.6 is 0 Å². The highest BCUT2D eigenvalue weighted by atomic mass is 19.1. The molecule has 2 aliphatic heterocycles. The third-order valence-electron chi connectivity index (χ3n) is 9.18. The minimum absolute atomic E-state index is 0.0604. The molecule has 2 aromatic carbocycles. The summed E-state index contributed by atoms with van der Waals surface area (Å²) < 4.78 is 36.8. The minimum atomic E-state index is -0.872. The van der Waals surface area contributed by atoms with E-state index in [9.17, 15) is 9.18 Å². The molecule has 2 saturated heterocycles. The average molecular weight is 546 g/mol. The van der Waals surface area contributed by atoms with Crippen LogP contribution in [0.5, 0.6) is 6.01 Å². The maximum Gasteiger partial charge on any atom is 0.319 e. The summed E-state index contributed by atoms with van der Waals surface area (Å²) in [6.07, 6.45) is 4.86. The van der Waals surface area contributed by atoms with Crippen molar-refractivity contribution in [2.75, 3.05) is 38.1 Å². The van der Waals surface area contributed by atoms with Crippen LogP contribution in [0.3, 0.4) is 0 Å². The Hall–Kier alpha value is -3.59. The second-order valence-electron chi connectivity index (χ2n) is 11.6. The monoisotopic (exact) mass is 545 g/mol. The highest BCUT2D eigenvalue weighted by Gasteiger charge is 2.49. The summed E-state index contributed by atoms with van der Waals surface area (Å²) in [7, 11) is 0. The van der Waals surface area contributed by atoms with Crippen LogP contribution in [-0.4, -0.2) is 65.3 Å². The Labute approximate surface area is 232 Å². The van der Waals surface area contributed by atoms with Crippen molar-refractivity contribution < 1.29 is 18.3 Å². The first kappa shape index (κ1) is 25.4. The third kappa shape index (κ3) is 4.31. The molecule has 3 fully saturated rings. The zero-order chi connectivity index (χ0) is 27.4. The number of hydrogen-bond donors (Lipinski definition) is 2. The lowest BCUT2D eigenvalue weighted by Gasteiger charge is -2.30. The number of ether oxygens (including phenoxy) is 1. The first-order chi connectivity index (χ1) is 19.5. The van der Waals surface area contributed by atoms with E-state index in [-0.39, 0.29) is 29.6 Å². The van der Waals surface area contributed by atoms with Gasteiger partial charge in [-0.25, -0.2) is 8.78 Å². The van der Waals surface area contributed by atoms with Gasteiger partial charge in [0.2, 0.25) is 5.91 Å². The standard InChI is InChI=1S/C31H33F2N5O2/c1-2-25(39)34-10-11-35-29-23-8-7-22(21-6-3-5-18-13-19-14-24(19)26(18)21)27(33)28(23)36-30(37-29)40-17-31-9-4-12-38(31)16-20(32)15-31/h2-3,5-8,19-20,24H,1,4,9-17H2,(H,34,39)(H,35,36,37)/t19?,20-,24?,31+/m1/s1. The fourth-order valence-electron chi connectivity index (χ4n) is 7.21. The number of halogens is 2. The average Bonchev–Trinajstić information content (AvgIpc) is 3.28. The van der Waals surface area contributed by atoms with Crippen molar-refractivity contribution in [3.05, 3.63) is 59.9 Å². The number of benzene rings is 2. The molecule has 3 aromatic rings. The van der Waals surface area contributed by atoms with E-state index in [0.29, 0.717) is 54.7 Å². The van der Waals surface area contributed by atoms with Gasteiger partial charge in [0, 0.05) is 37.0 Å². The SMILES string of the molecule is C=CC(=O)NCCNc1nc(OC[C@@]23CCCN2C[C@H](F)C3)nc2c(F)c(-c3cccc4c3C3CC3C4)ccc12. The fraction of sp³-hybridized carbons (Fsp3) is 0.452. The van der Waals surface area contributed by atoms with Gasteiger partial charge in [-0.2, -0.15) is 9.97 Å². The summed E-state index contributed by atoms with van der Waals surface area (Å²) in [4.78, 5) is 22.9. The van der Waals surface area contributed by atoms with Gasteiger partial charge in [0.1, 0.15) is 24.1 Å². The molecule has 2 aliphatic carbocycles. The predicted octanol–water partition coefficient (Wildman–Crippen LogP) is 4.76. The molecule has 3 heterocycles. The zero-order valence-electron chi connectivity index (χ0n) is 22.4. The van der Waals surface area contributed by atoms with Crippen LogP contribution in [0.4, 0.5) is 14.6 Å². The van der Waals surface area contributed by atoms with Crippen molar-refractivity contribution in [2.24, 2.45) is 5.92 Å². The van der Waals surface area contributed by atoms with Gasteiger partial charge in [0.25, 0.3) is 0 Å². The lowest BCUT2D eigenvalue weighted by molar-refractivity contribution is -0.116. The molecule has 208 valence electrons. The second kappa shape index (κ2) is 9.80. The fourth-order valence-corrected chi connectivity index (χ4v) is 7.21. The normalized spacial score (nSPS) is 26.3. The van der Waals surface area contributed by atoms with Crippen LogP contribution in [0.25, 0.3) is 22.0 Å². The van der Waals surface area contributed by atoms with Crippen molar-refractivity contribution in [2.45, 2.75) is 49.7 Å². The molecule has 0 bridgehead atoms. The van der Waals surface area contributed by atoms with Gasteiger partial charge in [-0.15, -0.1) is 0 Å². The van der Waals surface area contributed by atoms with Crippen LogP contribution in [0, 0.1) is 11.7 Å². The summed E-state index contributed by atoms with van der Waals surface area (Å²) in [5.74, 6) is 0.955. The van der Waals surface area contributed by atoms with E-state index in [1.54, 1.807) is 0 Å². The highest BCUT2D eigenvalue weighted by molar-refractivity contribution is 5.94. The van der Waals surface area contributed by atoms with E-state index in [1.165, 1.54) is 23.6 Å².